The second-order valence-electron chi connectivity index (χ2n) is 8.03. The number of rotatable bonds is 9. The average molecular weight is 428 g/mol. The van der Waals surface area contributed by atoms with E-state index in [-0.39, 0.29) is 17.2 Å². The minimum Gasteiger partial charge on any atom is -0.493 e. The minimum atomic E-state index is -2.11. The van der Waals surface area contributed by atoms with Crippen LogP contribution < -0.4 is 19.5 Å². The molecule has 0 spiro atoms. The summed E-state index contributed by atoms with van der Waals surface area (Å²) < 4.78 is 26.8. The van der Waals surface area contributed by atoms with Crippen LogP contribution in [0.25, 0.3) is 0 Å². The Morgan fingerprint density at radius 2 is 1.52 bits per heavy atom. The number of hydrogen-bond donors (Lipinski definition) is 1. The molecule has 0 radical (unpaired) electrons. The van der Waals surface area contributed by atoms with Crippen molar-refractivity contribution in [1.82, 2.24) is 5.32 Å². The van der Waals surface area contributed by atoms with Crippen molar-refractivity contribution in [2.75, 3.05) is 35.0 Å². The standard InChI is InChI=1S/C20H33NO7Si/c1-20(2,3)29(8,9)28-12-14(19(23)27-7)21-18(22)13-10-15(24-4)17(26-6)16(11-13)25-5/h10-11,14H,12H2,1-9H3,(H,21,22)/t14-/m0/s1. The molecule has 1 atom stereocenters. The number of esters is 1. The highest BCUT2D eigenvalue weighted by Crippen LogP contribution is 2.38. The quantitative estimate of drug-likeness (QED) is 0.478. The van der Waals surface area contributed by atoms with Gasteiger partial charge in [-0.3, -0.25) is 4.79 Å². The summed E-state index contributed by atoms with van der Waals surface area (Å²) in [5.74, 6) is -0.0198. The number of ether oxygens (including phenoxy) is 4. The van der Waals surface area contributed by atoms with Crippen LogP contribution in [0.2, 0.25) is 18.1 Å². The Balaban J connectivity index is 3.09. The second-order valence-corrected chi connectivity index (χ2v) is 12.8. The van der Waals surface area contributed by atoms with E-state index in [1.165, 1.54) is 40.6 Å². The summed E-state index contributed by atoms with van der Waals surface area (Å²) in [6, 6.07) is 2.08. The van der Waals surface area contributed by atoms with E-state index in [0.29, 0.717) is 17.2 Å². The maximum atomic E-state index is 12.8. The molecule has 0 heterocycles. The molecule has 1 N–H and O–H groups in total. The summed E-state index contributed by atoms with van der Waals surface area (Å²) in [6.07, 6.45) is 0. The van der Waals surface area contributed by atoms with Crippen molar-refractivity contribution in [3.8, 4) is 17.2 Å². The fourth-order valence-electron chi connectivity index (χ4n) is 2.27. The molecule has 1 amide bonds. The van der Waals surface area contributed by atoms with Crippen LogP contribution >= 0.6 is 0 Å². The second kappa shape index (κ2) is 9.97. The van der Waals surface area contributed by atoms with E-state index < -0.39 is 26.2 Å². The van der Waals surface area contributed by atoms with Gasteiger partial charge in [0.25, 0.3) is 5.91 Å². The molecule has 1 rings (SSSR count). The lowest BCUT2D eigenvalue weighted by atomic mass is 10.1. The molecular weight excluding hydrogens is 394 g/mol. The molecular formula is C20H33NO7Si. The molecule has 0 bridgehead atoms. The maximum absolute atomic E-state index is 12.8. The zero-order valence-corrected chi connectivity index (χ0v) is 19.8. The Kier molecular flexibility index (Phi) is 8.52. The number of nitrogens with one attached hydrogen (secondary N) is 1. The zero-order chi connectivity index (χ0) is 22.4. The van der Waals surface area contributed by atoms with Gasteiger partial charge in [-0.1, -0.05) is 20.8 Å². The summed E-state index contributed by atoms with van der Waals surface area (Å²) >= 11 is 0. The highest BCUT2D eigenvalue weighted by Gasteiger charge is 2.38. The van der Waals surface area contributed by atoms with Gasteiger partial charge in [-0.05, 0) is 30.3 Å². The van der Waals surface area contributed by atoms with Gasteiger partial charge in [-0.25, -0.2) is 4.79 Å². The van der Waals surface area contributed by atoms with Crippen LogP contribution in [0.4, 0.5) is 0 Å². The predicted octanol–water partition coefficient (Wildman–Crippen LogP) is 3.01. The van der Waals surface area contributed by atoms with Gasteiger partial charge < -0.3 is 28.7 Å². The molecule has 0 fully saturated rings. The van der Waals surface area contributed by atoms with Crippen LogP contribution in [0, 0.1) is 0 Å². The fourth-order valence-corrected chi connectivity index (χ4v) is 3.29. The average Bonchev–Trinajstić information content (AvgIpc) is 2.67. The third-order valence-corrected chi connectivity index (χ3v) is 9.64. The number of methoxy groups -OCH3 is 4. The van der Waals surface area contributed by atoms with Crippen molar-refractivity contribution in [1.29, 1.82) is 0 Å². The van der Waals surface area contributed by atoms with E-state index in [1.54, 1.807) is 0 Å². The molecule has 0 aliphatic rings. The molecule has 0 aromatic heterocycles. The first-order valence-electron chi connectivity index (χ1n) is 9.24. The third kappa shape index (κ3) is 6.11. The lowest BCUT2D eigenvalue weighted by molar-refractivity contribution is -0.143. The van der Waals surface area contributed by atoms with Crippen LogP contribution in [0.1, 0.15) is 31.1 Å². The van der Waals surface area contributed by atoms with E-state index in [4.69, 9.17) is 23.4 Å². The Morgan fingerprint density at radius 1 is 1.00 bits per heavy atom. The molecule has 0 saturated carbocycles. The van der Waals surface area contributed by atoms with Crippen molar-refractivity contribution in [3.63, 3.8) is 0 Å². The number of carbonyl (C=O) groups excluding carboxylic acids is 2. The van der Waals surface area contributed by atoms with Crippen molar-refractivity contribution in [3.05, 3.63) is 17.7 Å². The van der Waals surface area contributed by atoms with Crippen molar-refractivity contribution >= 4 is 20.2 Å². The molecule has 1 aromatic carbocycles. The third-order valence-electron chi connectivity index (χ3n) is 5.13. The van der Waals surface area contributed by atoms with Gasteiger partial charge in [0.15, 0.2) is 19.8 Å². The molecule has 0 saturated heterocycles. The SMILES string of the molecule is COC(=O)[C@H](CO[Si](C)(C)C(C)(C)C)NC(=O)c1cc(OC)c(OC)c(OC)c1. The van der Waals surface area contributed by atoms with Gasteiger partial charge in [0, 0.05) is 5.56 Å². The van der Waals surface area contributed by atoms with E-state index >= 15 is 0 Å². The smallest absolute Gasteiger partial charge is 0.330 e. The number of amides is 1. The first kappa shape index (κ1) is 24.8. The van der Waals surface area contributed by atoms with E-state index in [9.17, 15) is 9.59 Å². The van der Waals surface area contributed by atoms with Crippen LogP contribution in [0.3, 0.4) is 0 Å². The van der Waals surface area contributed by atoms with E-state index in [2.05, 4.69) is 39.2 Å². The van der Waals surface area contributed by atoms with Crippen molar-refractivity contribution < 1.29 is 33.0 Å². The van der Waals surface area contributed by atoms with Crippen LogP contribution in [-0.4, -0.2) is 61.3 Å². The molecule has 8 nitrogen and oxygen atoms in total. The van der Waals surface area contributed by atoms with Crippen LogP contribution in [0.5, 0.6) is 17.2 Å². The molecule has 0 unspecified atom stereocenters. The summed E-state index contributed by atoms with van der Waals surface area (Å²) in [4.78, 5) is 25.0. The van der Waals surface area contributed by atoms with Crippen molar-refractivity contribution in [2.45, 2.75) is 44.9 Å². The largest absolute Gasteiger partial charge is 0.493 e. The summed E-state index contributed by atoms with van der Waals surface area (Å²) in [5.41, 5.74) is 0.251. The van der Waals surface area contributed by atoms with Gasteiger partial charge >= 0.3 is 5.97 Å². The Bertz CT molecular complexity index is 703. The Morgan fingerprint density at radius 3 is 1.90 bits per heavy atom. The highest BCUT2D eigenvalue weighted by atomic mass is 28.4. The predicted molar refractivity (Wildman–Crippen MR) is 113 cm³/mol. The molecule has 164 valence electrons. The Hall–Kier alpha value is -2.26. The maximum Gasteiger partial charge on any atom is 0.330 e. The minimum absolute atomic E-state index is 0.0271. The summed E-state index contributed by atoms with van der Waals surface area (Å²) in [5, 5.41) is 2.65. The molecule has 9 heteroatoms. The molecule has 29 heavy (non-hydrogen) atoms. The van der Waals surface area contributed by atoms with Gasteiger partial charge in [-0.2, -0.15) is 0 Å². The van der Waals surface area contributed by atoms with Crippen molar-refractivity contribution in [2.24, 2.45) is 0 Å². The summed E-state index contributed by atoms with van der Waals surface area (Å²) in [7, 11) is 3.56. The first-order valence-corrected chi connectivity index (χ1v) is 12.1. The van der Waals surface area contributed by atoms with Crippen LogP contribution in [-0.2, 0) is 14.0 Å². The van der Waals surface area contributed by atoms with Gasteiger partial charge in [0.05, 0.1) is 35.0 Å². The molecule has 0 aliphatic heterocycles. The lowest BCUT2D eigenvalue weighted by Gasteiger charge is -2.37. The number of benzene rings is 1. The van der Waals surface area contributed by atoms with E-state index in [1.807, 2.05) is 0 Å². The Labute approximate surface area is 173 Å². The molecule has 0 aliphatic carbocycles. The highest BCUT2D eigenvalue weighted by molar-refractivity contribution is 6.74. The summed E-state index contributed by atoms with van der Waals surface area (Å²) in [6.45, 7) is 10.5. The number of carbonyl (C=O) groups is 2. The van der Waals surface area contributed by atoms with E-state index in [0.717, 1.165) is 0 Å². The topological polar surface area (TPSA) is 92.3 Å². The molecule has 1 aromatic rings. The monoisotopic (exact) mass is 427 g/mol. The lowest BCUT2D eigenvalue weighted by Crippen LogP contribution is -2.49. The normalized spacial score (nSPS) is 12.7. The zero-order valence-electron chi connectivity index (χ0n) is 18.8. The van der Waals surface area contributed by atoms with Crippen LogP contribution in [0.15, 0.2) is 12.1 Å². The fraction of sp³-hybridized carbons (Fsp3) is 0.600. The van der Waals surface area contributed by atoms with Gasteiger partial charge in [0.1, 0.15) is 6.04 Å². The first-order chi connectivity index (χ1) is 13.4. The number of hydrogen-bond acceptors (Lipinski definition) is 7. The van der Waals surface area contributed by atoms with Gasteiger partial charge in [0.2, 0.25) is 5.75 Å². The van der Waals surface area contributed by atoms with Gasteiger partial charge in [-0.15, -0.1) is 0 Å².